The number of nitrogens with zero attached hydrogens (tertiary/aromatic N) is 3. The molecule has 0 saturated heterocycles. The fourth-order valence-electron chi connectivity index (χ4n) is 3.36. The third-order valence-electron chi connectivity index (χ3n) is 4.61. The number of hydrogen-bond donors (Lipinski definition) is 0. The fraction of sp³-hybridized carbons (Fsp3) is 0.273. The van der Waals surface area contributed by atoms with E-state index in [1.54, 1.807) is 24.2 Å². The molecule has 0 atom stereocenters. The normalized spacial score (nSPS) is 11.6. The lowest BCUT2D eigenvalue weighted by Crippen LogP contribution is -2.26. The van der Waals surface area contributed by atoms with Gasteiger partial charge in [-0.25, -0.2) is 0 Å². The number of ether oxygens (including phenoxy) is 1. The third kappa shape index (κ3) is 5.19. The summed E-state index contributed by atoms with van der Waals surface area (Å²) >= 11 is 0. The molecular weight excluding hydrogens is 395 g/mol. The summed E-state index contributed by atoms with van der Waals surface area (Å²) in [5.41, 5.74) is 1.72. The Kier molecular flexibility index (Phi) is 6.43. The van der Waals surface area contributed by atoms with Crippen LogP contribution in [0.3, 0.4) is 0 Å². The van der Waals surface area contributed by atoms with Crippen molar-refractivity contribution in [1.29, 1.82) is 5.26 Å². The summed E-state index contributed by atoms with van der Waals surface area (Å²) in [6.45, 7) is 0.611. The lowest BCUT2D eigenvalue weighted by molar-refractivity contribution is -0.275. The number of halogens is 3. The minimum Gasteiger partial charge on any atom is -0.405 e. The number of hydrogen-bond acceptors (Lipinski definition) is 4. The summed E-state index contributed by atoms with van der Waals surface area (Å²) < 4.78 is 43.8. The number of fused-ring (bicyclic) bond motifs is 1. The first kappa shape index (κ1) is 21.4. The van der Waals surface area contributed by atoms with Crippen molar-refractivity contribution < 1.29 is 22.7 Å². The van der Waals surface area contributed by atoms with Crippen molar-refractivity contribution in [3.63, 3.8) is 0 Å². The van der Waals surface area contributed by atoms with Crippen molar-refractivity contribution in [3.05, 3.63) is 65.9 Å². The van der Waals surface area contributed by atoms with Crippen molar-refractivity contribution >= 4 is 16.7 Å². The number of aryl methyl sites for hydroxylation is 1. The quantitative estimate of drug-likeness (QED) is 0.498. The van der Waals surface area contributed by atoms with E-state index in [1.165, 1.54) is 18.2 Å². The molecular formula is C22H20F3N3O2. The van der Waals surface area contributed by atoms with Gasteiger partial charge in [0.1, 0.15) is 5.75 Å². The van der Waals surface area contributed by atoms with E-state index in [1.807, 2.05) is 28.8 Å². The number of Topliss-reactive ketones (excluding diaryl/α,β-unsaturated/α-hetero) is 1. The van der Waals surface area contributed by atoms with Crippen LogP contribution >= 0.6 is 0 Å². The van der Waals surface area contributed by atoms with Crippen LogP contribution in [-0.2, 0) is 13.1 Å². The summed E-state index contributed by atoms with van der Waals surface area (Å²) in [6.07, 6.45) is -2.73. The Bertz CT molecular complexity index is 1080. The first-order valence-electron chi connectivity index (χ1n) is 9.28. The van der Waals surface area contributed by atoms with Crippen LogP contribution in [0.2, 0.25) is 0 Å². The van der Waals surface area contributed by atoms with Gasteiger partial charge in [0.05, 0.1) is 19.0 Å². The molecule has 0 saturated carbocycles. The van der Waals surface area contributed by atoms with Gasteiger partial charge in [0.15, 0.2) is 5.78 Å². The summed E-state index contributed by atoms with van der Waals surface area (Å²) in [4.78, 5) is 14.6. The summed E-state index contributed by atoms with van der Waals surface area (Å²) in [7, 11) is 1.66. The first-order chi connectivity index (χ1) is 14.3. The van der Waals surface area contributed by atoms with E-state index in [0.29, 0.717) is 24.1 Å². The molecule has 156 valence electrons. The van der Waals surface area contributed by atoms with Crippen LogP contribution in [0.15, 0.2) is 54.7 Å². The predicted octanol–water partition coefficient (Wildman–Crippen LogP) is 4.77. The zero-order valence-corrected chi connectivity index (χ0v) is 16.3. The molecule has 1 aromatic heterocycles. The van der Waals surface area contributed by atoms with Gasteiger partial charge in [-0.1, -0.05) is 36.4 Å². The van der Waals surface area contributed by atoms with E-state index < -0.39 is 6.36 Å². The molecule has 3 rings (SSSR count). The van der Waals surface area contributed by atoms with E-state index in [-0.39, 0.29) is 24.6 Å². The Balaban J connectivity index is 1.77. The largest absolute Gasteiger partial charge is 0.573 e. The van der Waals surface area contributed by atoms with E-state index in [4.69, 9.17) is 5.26 Å². The average molecular weight is 415 g/mol. The molecule has 8 heteroatoms. The maximum absolute atomic E-state index is 12.9. The highest BCUT2D eigenvalue weighted by molar-refractivity contribution is 6.09. The van der Waals surface area contributed by atoms with E-state index >= 15 is 0 Å². The number of benzene rings is 2. The molecule has 0 aliphatic heterocycles. The average Bonchev–Trinajstić information content (AvgIpc) is 3.05. The summed E-state index contributed by atoms with van der Waals surface area (Å²) in [6, 6.07) is 15.4. The smallest absolute Gasteiger partial charge is 0.405 e. The Morgan fingerprint density at radius 2 is 1.87 bits per heavy atom. The van der Waals surface area contributed by atoms with Crippen molar-refractivity contribution in [2.24, 2.45) is 0 Å². The zero-order chi connectivity index (χ0) is 21.7. The van der Waals surface area contributed by atoms with Crippen LogP contribution in [0, 0.1) is 11.3 Å². The standard InChI is InChI=1S/C22H20F3N3O2/c1-27(13-16-7-2-5-10-21(16)30-22(23,24)25)15-20(29)18-14-28(12-6-11-26)19-9-4-3-8-17(18)19/h2-5,7-10,14H,6,12-13,15H2,1H3. The molecule has 0 radical (unpaired) electrons. The SMILES string of the molecule is CN(CC(=O)c1cn(CCC#N)c2ccccc12)Cc1ccccc1OC(F)(F)F. The molecule has 0 N–H and O–H groups in total. The molecule has 0 aliphatic carbocycles. The molecule has 1 heterocycles. The molecule has 0 aliphatic rings. The van der Waals surface area contributed by atoms with Crippen LogP contribution in [0.25, 0.3) is 10.9 Å². The molecule has 0 spiro atoms. The second-order valence-corrected chi connectivity index (χ2v) is 6.91. The highest BCUT2D eigenvalue weighted by Crippen LogP contribution is 2.27. The second kappa shape index (κ2) is 9.01. The van der Waals surface area contributed by atoms with Gasteiger partial charge in [-0.05, 0) is 19.2 Å². The van der Waals surface area contributed by atoms with Crippen molar-refractivity contribution in [2.45, 2.75) is 25.9 Å². The molecule has 0 fully saturated rings. The monoisotopic (exact) mass is 415 g/mol. The number of carbonyl (C=O) groups is 1. The van der Waals surface area contributed by atoms with E-state index in [9.17, 15) is 18.0 Å². The van der Waals surface area contributed by atoms with Gasteiger partial charge < -0.3 is 9.30 Å². The lowest BCUT2D eigenvalue weighted by Gasteiger charge is -2.19. The Labute approximate surface area is 171 Å². The van der Waals surface area contributed by atoms with Crippen LogP contribution < -0.4 is 4.74 Å². The number of rotatable bonds is 8. The molecule has 30 heavy (non-hydrogen) atoms. The van der Waals surface area contributed by atoms with Gasteiger partial charge in [0.25, 0.3) is 0 Å². The molecule has 2 aromatic carbocycles. The van der Waals surface area contributed by atoms with Gasteiger partial charge in [0.2, 0.25) is 0 Å². The zero-order valence-electron chi connectivity index (χ0n) is 16.3. The molecule has 0 bridgehead atoms. The third-order valence-corrected chi connectivity index (χ3v) is 4.61. The predicted molar refractivity (Wildman–Crippen MR) is 106 cm³/mol. The molecule has 0 unspecified atom stereocenters. The molecule has 0 amide bonds. The van der Waals surface area contributed by atoms with Gasteiger partial charge in [-0.3, -0.25) is 9.69 Å². The van der Waals surface area contributed by atoms with Gasteiger partial charge in [0, 0.05) is 41.3 Å². The fourth-order valence-corrected chi connectivity index (χ4v) is 3.36. The molecule has 3 aromatic rings. The van der Waals surface area contributed by atoms with Crippen LogP contribution in [0.4, 0.5) is 13.2 Å². The maximum atomic E-state index is 12.9. The Morgan fingerprint density at radius 3 is 2.60 bits per heavy atom. The topological polar surface area (TPSA) is 58.3 Å². The first-order valence-corrected chi connectivity index (χ1v) is 9.28. The van der Waals surface area contributed by atoms with Crippen LogP contribution in [-0.4, -0.2) is 35.2 Å². The number of carbonyl (C=O) groups excluding carboxylic acids is 1. The number of alkyl halides is 3. The van der Waals surface area contributed by atoms with Gasteiger partial charge in [-0.15, -0.1) is 13.2 Å². The van der Waals surface area contributed by atoms with Gasteiger partial charge >= 0.3 is 6.36 Å². The number of nitriles is 1. The maximum Gasteiger partial charge on any atom is 0.573 e. The Morgan fingerprint density at radius 1 is 1.17 bits per heavy atom. The van der Waals surface area contributed by atoms with Crippen LogP contribution in [0.5, 0.6) is 5.75 Å². The van der Waals surface area contributed by atoms with Crippen molar-refractivity contribution in [2.75, 3.05) is 13.6 Å². The minimum absolute atomic E-state index is 0.0204. The van der Waals surface area contributed by atoms with E-state index in [2.05, 4.69) is 10.8 Å². The number of likely N-dealkylation sites (N-methyl/N-ethyl adjacent to an activating group) is 1. The summed E-state index contributed by atoms with van der Waals surface area (Å²) in [5.74, 6) is -0.434. The lowest BCUT2D eigenvalue weighted by atomic mass is 10.1. The second-order valence-electron chi connectivity index (χ2n) is 6.91. The number of ketones is 1. The van der Waals surface area contributed by atoms with Crippen molar-refractivity contribution in [1.82, 2.24) is 9.47 Å². The van der Waals surface area contributed by atoms with E-state index in [0.717, 1.165) is 10.9 Å². The highest BCUT2D eigenvalue weighted by Gasteiger charge is 2.32. The number of aromatic nitrogens is 1. The molecule has 5 nitrogen and oxygen atoms in total. The summed E-state index contributed by atoms with van der Waals surface area (Å²) in [5, 5.41) is 9.64. The Hall–Kier alpha value is -3.31. The minimum atomic E-state index is -4.78. The van der Waals surface area contributed by atoms with Crippen LogP contribution in [0.1, 0.15) is 22.3 Å². The van der Waals surface area contributed by atoms with Gasteiger partial charge in [-0.2, -0.15) is 5.26 Å². The number of para-hydroxylation sites is 2. The highest BCUT2D eigenvalue weighted by atomic mass is 19.4. The van der Waals surface area contributed by atoms with Crippen molar-refractivity contribution in [3.8, 4) is 11.8 Å².